The molecule has 1 aliphatic carbocycles. The van der Waals surface area contributed by atoms with E-state index in [0.717, 1.165) is 40.5 Å². The molecular formula is C20H16N2O. The maximum Gasteiger partial charge on any atom is 0.227 e. The van der Waals surface area contributed by atoms with Crippen molar-refractivity contribution in [2.45, 2.75) is 25.7 Å². The lowest BCUT2D eigenvalue weighted by Gasteiger charge is -2.18. The molecule has 3 aromatic heterocycles. The Morgan fingerprint density at radius 1 is 0.826 bits per heavy atom. The van der Waals surface area contributed by atoms with Crippen LogP contribution in [0.25, 0.3) is 33.3 Å². The van der Waals surface area contributed by atoms with Crippen molar-refractivity contribution in [2.24, 2.45) is 0 Å². The molecule has 4 aromatic rings. The average Bonchev–Trinajstić information content (AvgIpc) is 3.00. The predicted molar refractivity (Wildman–Crippen MR) is 91.4 cm³/mol. The van der Waals surface area contributed by atoms with Crippen molar-refractivity contribution in [3.8, 4) is 11.3 Å². The second-order valence-electron chi connectivity index (χ2n) is 6.14. The van der Waals surface area contributed by atoms with Crippen LogP contribution in [0.5, 0.6) is 0 Å². The Labute approximate surface area is 134 Å². The van der Waals surface area contributed by atoms with Crippen LogP contribution < -0.4 is 0 Å². The summed E-state index contributed by atoms with van der Waals surface area (Å²) < 4.78 is 6.08. The SMILES string of the molecule is c1cnc2oc3c(-c4nccc5c4CCCC5)cccc3c2c1. The molecule has 5 rings (SSSR count). The van der Waals surface area contributed by atoms with Crippen LogP contribution in [-0.2, 0) is 12.8 Å². The van der Waals surface area contributed by atoms with Crippen molar-refractivity contribution < 1.29 is 4.42 Å². The number of aromatic nitrogens is 2. The van der Waals surface area contributed by atoms with E-state index < -0.39 is 0 Å². The maximum absolute atomic E-state index is 6.08. The molecule has 0 N–H and O–H groups in total. The van der Waals surface area contributed by atoms with Crippen molar-refractivity contribution >= 4 is 22.1 Å². The fourth-order valence-electron chi connectivity index (χ4n) is 3.71. The van der Waals surface area contributed by atoms with E-state index in [0.29, 0.717) is 5.71 Å². The summed E-state index contributed by atoms with van der Waals surface area (Å²) in [6.07, 6.45) is 8.47. The lowest BCUT2D eigenvalue weighted by Crippen LogP contribution is -2.05. The molecule has 0 fully saturated rings. The molecule has 3 heteroatoms. The van der Waals surface area contributed by atoms with Gasteiger partial charge in [-0.2, -0.15) is 0 Å². The molecule has 0 atom stereocenters. The minimum atomic E-state index is 0.694. The van der Waals surface area contributed by atoms with Gasteiger partial charge in [-0.3, -0.25) is 4.98 Å². The number of hydrogen-bond acceptors (Lipinski definition) is 3. The first-order valence-corrected chi connectivity index (χ1v) is 8.15. The first-order chi connectivity index (χ1) is 11.4. The molecule has 0 saturated carbocycles. The summed E-state index contributed by atoms with van der Waals surface area (Å²) in [5.74, 6) is 0. The van der Waals surface area contributed by atoms with Gasteiger partial charge in [0.1, 0.15) is 5.58 Å². The highest BCUT2D eigenvalue weighted by molar-refractivity contribution is 6.08. The first-order valence-electron chi connectivity index (χ1n) is 8.15. The van der Waals surface area contributed by atoms with Gasteiger partial charge in [0, 0.05) is 28.7 Å². The van der Waals surface area contributed by atoms with Gasteiger partial charge >= 0.3 is 0 Å². The highest BCUT2D eigenvalue weighted by Gasteiger charge is 2.19. The Balaban J connectivity index is 1.84. The molecule has 0 amide bonds. The molecule has 0 saturated heterocycles. The fraction of sp³-hybridized carbons (Fsp3) is 0.200. The van der Waals surface area contributed by atoms with Crippen LogP contribution >= 0.6 is 0 Å². The summed E-state index contributed by atoms with van der Waals surface area (Å²) >= 11 is 0. The number of pyridine rings is 2. The standard InChI is InChI=1S/C20H16N2O/c1-2-6-14-13(5-1)10-12-21-18(14)17-8-3-7-15-16-9-4-11-22-20(16)23-19(15)17/h3-4,7-12H,1-2,5-6H2. The van der Waals surface area contributed by atoms with Gasteiger partial charge in [-0.1, -0.05) is 12.1 Å². The van der Waals surface area contributed by atoms with Crippen molar-refractivity contribution in [3.05, 3.63) is 59.9 Å². The van der Waals surface area contributed by atoms with Gasteiger partial charge in [0.2, 0.25) is 5.71 Å². The van der Waals surface area contributed by atoms with Crippen molar-refractivity contribution in [3.63, 3.8) is 0 Å². The highest BCUT2D eigenvalue weighted by Crippen LogP contribution is 2.37. The lowest BCUT2D eigenvalue weighted by molar-refractivity contribution is 0.654. The van der Waals surface area contributed by atoms with E-state index in [1.807, 2.05) is 12.3 Å². The minimum Gasteiger partial charge on any atom is -0.437 e. The Morgan fingerprint density at radius 3 is 2.74 bits per heavy atom. The molecular weight excluding hydrogens is 284 g/mol. The number of para-hydroxylation sites is 1. The molecule has 0 unspecified atom stereocenters. The molecule has 3 nitrogen and oxygen atoms in total. The molecule has 0 aliphatic heterocycles. The molecule has 0 spiro atoms. The monoisotopic (exact) mass is 300 g/mol. The van der Waals surface area contributed by atoms with Gasteiger partial charge in [0.05, 0.1) is 5.69 Å². The van der Waals surface area contributed by atoms with E-state index in [1.54, 1.807) is 6.20 Å². The van der Waals surface area contributed by atoms with E-state index in [2.05, 4.69) is 35.3 Å². The third-order valence-electron chi connectivity index (χ3n) is 4.81. The normalized spacial score (nSPS) is 14.3. The zero-order valence-corrected chi connectivity index (χ0v) is 12.7. The van der Waals surface area contributed by atoms with Gasteiger partial charge < -0.3 is 4.42 Å². The zero-order valence-electron chi connectivity index (χ0n) is 12.7. The first kappa shape index (κ1) is 12.8. The summed E-state index contributed by atoms with van der Waals surface area (Å²) in [5, 5.41) is 2.18. The topological polar surface area (TPSA) is 38.9 Å². The number of nitrogens with zero attached hydrogens (tertiary/aromatic N) is 2. The number of hydrogen-bond donors (Lipinski definition) is 0. The molecule has 3 heterocycles. The van der Waals surface area contributed by atoms with Crippen LogP contribution in [0.2, 0.25) is 0 Å². The van der Waals surface area contributed by atoms with E-state index in [9.17, 15) is 0 Å². The Morgan fingerprint density at radius 2 is 1.74 bits per heavy atom. The molecule has 0 bridgehead atoms. The summed E-state index contributed by atoms with van der Waals surface area (Å²) in [5.41, 5.74) is 6.57. The van der Waals surface area contributed by atoms with Gasteiger partial charge in [-0.15, -0.1) is 0 Å². The second kappa shape index (κ2) is 4.92. The number of benzene rings is 1. The van der Waals surface area contributed by atoms with Crippen LogP contribution in [0.1, 0.15) is 24.0 Å². The quantitative estimate of drug-likeness (QED) is 0.501. The van der Waals surface area contributed by atoms with E-state index >= 15 is 0 Å². The van der Waals surface area contributed by atoms with Crippen molar-refractivity contribution in [1.82, 2.24) is 9.97 Å². The minimum absolute atomic E-state index is 0.694. The van der Waals surface area contributed by atoms with Crippen molar-refractivity contribution in [2.75, 3.05) is 0 Å². The molecule has 23 heavy (non-hydrogen) atoms. The zero-order chi connectivity index (χ0) is 15.2. The maximum atomic E-state index is 6.08. The number of fused-ring (bicyclic) bond motifs is 4. The van der Waals surface area contributed by atoms with Crippen LogP contribution in [0.4, 0.5) is 0 Å². The summed E-state index contributed by atoms with van der Waals surface area (Å²) in [7, 11) is 0. The van der Waals surface area contributed by atoms with Crippen LogP contribution in [0, 0.1) is 0 Å². The Kier molecular flexibility index (Phi) is 2.74. The van der Waals surface area contributed by atoms with Gasteiger partial charge in [-0.05, 0) is 61.1 Å². The summed E-state index contributed by atoms with van der Waals surface area (Å²) in [4.78, 5) is 9.06. The van der Waals surface area contributed by atoms with E-state index in [1.165, 1.54) is 24.0 Å². The van der Waals surface area contributed by atoms with Gasteiger partial charge in [0.15, 0.2) is 0 Å². The number of aryl methyl sites for hydroxylation is 1. The highest BCUT2D eigenvalue weighted by atomic mass is 16.3. The smallest absolute Gasteiger partial charge is 0.227 e. The van der Waals surface area contributed by atoms with E-state index in [4.69, 9.17) is 9.40 Å². The van der Waals surface area contributed by atoms with E-state index in [-0.39, 0.29) is 0 Å². The van der Waals surface area contributed by atoms with Gasteiger partial charge in [-0.25, -0.2) is 4.98 Å². The third kappa shape index (κ3) is 1.89. The van der Waals surface area contributed by atoms with Crippen LogP contribution in [0.15, 0.2) is 53.2 Å². The van der Waals surface area contributed by atoms with Crippen LogP contribution in [0.3, 0.4) is 0 Å². The fourth-order valence-corrected chi connectivity index (χ4v) is 3.71. The molecule has 1 aromatic carbocycles. The Bertz CT molecular complexity index is 1030. The predicted octanol–water partition coefficient (Wildman–Crippen LogP) is 4.92. The third-order valence-corrected chi connectivity index (χ3v) is 4.81. The molecule has 112 valence electrons. The van der Waals surface area contributed by atoms with Crippen LogP contribution in [-0.4, -0.2) is 9.97 Å². The lowest BCUT2D eigenvalue weighted by atomic mass is 9.89. The summed E-state index contributed by atoms with van der Waals surface area (Å²) in [6.45, 7) is 0. The summed E-state index contributed by atoms with van der Waals surface area (Å²) in [6, 6.07) is 12.5. The largest absolute Gasteiger partial charge is 0.437 e. The average molecular weight is 300 g/mol. The number of furan rings is 1. The molecule has 0 radical (unpaired) electrons. The van der Waals surface area contributed by atoms with Crippen molar-refractivity contribution in [1.29, 1.82) is 0 Å². The second-order valence-corrected chi connectivity index (χ2v) is 6.14. The number of rotatable bonds is 1. The van der Waals surface area contributed by atoms with Gasteiger partial charge in [0.25, 0.3) is 0 Å². The Hall–Kier alpha value is -2.68. The molecule has 1 aliphatic rings.